The average molecular weight is 279 g/mol. The van der Waals surface area contributed by atoms with Gasteiger partial charge in [-0.3, -0.25) is 0 Å². The maximum atomic E-state index is 12.3. The molecule has 2 aromatic rings. The second kappa shape index (κ2) is 4.70. The van der Waals surface area contributed by atoms with Crippen LogP contribution in [0.5, 0.6) is 0 Å². The van der Waals surface area contributed by atoms with Crippen LogP contribution in [0.25, 0.3) is 0 Å². The molecule has 102 valence electrons. The van der Waals surface area contributed by atoms with E-state index >= 15 is 0 Å². The van der Waals surface area contributed by atoms with Gasteiger partial charge in [0.05, 0.1) is 16.3 Å². The Hall–Kier alpha value is -1.82. The number of aromatic nitrogens is 2. The fourth-order valence-electron chi connectivity index (χ4n) is 1.80. The number of hydrogen-bond donors (Lipinski definition) is 1. The van der Waals surface area contributed by atoms with Gasteiger partial charge in [-0.05, 0) is 39.8 Å². The number of nitrogens with zero attached hydrogens (tertiary/aromatic N) is 2. The lowest BCUT2D eigenvalue weighted by Crippen LogP contribution is -2.25. The van der Waals surface area contributed by atoms with E-state index in [-0.39, 0.29) is 4.90 Å². The molecule has 0 aliphatic heterocycles. The number of sulfonamides is 1. The second-order valence-electron chi connectivity index (χ2n) is 4.57. The summed E-state index contributed by atoms with van der Waals surface area (Å²) in [4.78, 5) is 7.02. The SMILES string of the molecule is Cc1ccc(S(=O)(=O)Nn2c(C)nc(C)c2C)cc1. The summed E-state index contributed by atoms with van der Waals surface area (Å²) in [5.74, 6) is 0.616. The number of rotatable bonds is 3. The van der Waals surface area contributed by atoms with Gasteiger partial charge in [0, 0.05) is 0 Å². The highest BCUT2D eigenvalue weighted by atomic mass is 32.2. The molecule has 6 heteroatoms. The zero-order chi connectivity index (χ0) is 14.2. The lowest BCUT2D eigenvalue weighted by atomic mass is 10.2. The molecule has 0 amide bonds. The predicted octanol–water partition coefficient (Wildman–Crippen LogP) is 2.05. The lowest BCUT2D eigenvalue weighted by molar-refractivity contribution is 0.594. The summed E-state index contributed by atoms with van der Waals surface area (Å²) in [6.45, 7) is 7.35. The molecular weight excluding hydrogens is 262 g/mol. The zero-order valence-corrected chi connectivity index (χ0v) is 12.2. The summed E-state index contributed by atoms with van der Waals surface area (Å²) in [7, 11) is -3.59. The Morgan fingerprint density at radius 2 is 1.63 bits per heavy atom. The molecule has 0 saturated carbocycles. The molecule has 0 radical (unpaired) electrons. The van der Waals surface area contributed by atoms with Crippen LogP contribution >= 0.6 is 0 Å². The monoisotopic (exact) mass is 279 g/mol. The van der Waals surface area contributed by atoms with Gasteiger partial charge in [-0.1, -0.05) is 17.7 Å². The Balaban J connectivity index is 2.39. The van der Waals surface area contributed by atoms with Crippen molar-refractivity contribution in [3.63, 3.8) is 0 Å². The van der Waals surface area contributed by atoms with E-state index < -0.39 is 10.0 Å². The van der Waals surface area contributed by atoms with E-state index in [2.05, 4.69) is 9.82 Å². The van der Waals surface area contributed by atoms with Crippen molar-refractivity contribution in [2.24, 2.45) is 0 Å². The third kappa shape index (κ3) is 2.63. The van der Waals surface area contributed by atoms with E-state index in [1.54, 1.807) is 31.2 Å². The second-order valence-corrected chi connectivity index (χ2v) is 6.23. The Morgan fingerprint density at radius 3 is 2.11 bits per heavy atom. The van der Waals surface area contributed by atoms with Crippen LogP contribution in [0.3, 0.4) is 0 Å². The van der Waals surface area contributed by atoms with Crippen molar-refractivity contribution in [2.75, 3.05) is 4.83 Å². The molecular formula is C13H17N3O2S. The molecule has 0 aliphatic carbocycles. The van der Waals surface area contributed by atoms with Gasteiger partial charge in [0.1, 0.15) is 5.82 Å². The van der Waals surface area contributed by atoms with Crippen molar-refractivity contribution in [2.45, 2.75) is 32.6 Å². The van der Waals surface area contributed by atoms with E-state index in [0.717, 1.165) is 17.0 Å². The summed E-state index contributed by atoms with van der Waals surface area (Å²) >= 11 is 0. The van der Waals surface area contributed by atoms with Gasteiger partial charge in [-0.15, -0.1) is 0 Å². The zero-order valence-electron chi connectivity index (χ0n) is 11.4. The Morgan fingerprint density at radius 1 is 1.05 bits per heavy atom. The third-order valence-electron chi connectivity index (χ3n) is 3.05. The van der Waals surface area contributed by atoms with Crippen LogP contribution in [0.15, 0.2) is 29.2 Å². The molecule has 19 heavy (non-hydrogen) atoms. The third-order valence-corrected chi connectivity index (χ3v) is 4.37. The summed E-state index contributed by atoms with van der Waals surface area (Å²) < 4.78 is 26.0. The smallest absolute Gasteiger partial charge is 0.237 e. The molecule has 2 rings (SSSR count). The number of aryl methyl sites for hydroxylation is 3. The van der Waals surface area contributed by atoms with Crippen molar-refractivity contribution < 1.29 is 8.42 Å². The van der Waals surface area contributed by atoms with Crippen LogP contribution in [-0.2, 0) is 10.0 Å². The van der Waals surface area contributed by atoms with E-state index in [1.165, 1.54) is 4.68 Å². The first-order valence-corrected chi connectivity index (χ1v) is 7.41. The molecule has 0 spiro atoms. The standard InChI is InChI=1S/C13H17N3O2S/c1-9-5-7-13(8-6-9)19(17,18)15-16-11(3)10(2)14-12(16)4/h5-8,15H,1-4H3. The van der Waals surface area contributed by atoms with Crippen LogP contribution in [0, 0.1) is 27.7 Å². The molecule has 0 aliphatic rings. The molecule has 0 bridgehead atoms. The summed E-state index contributed by atoms with van der Waals surface area (Å²) in [6.07, 6.45) is 0. The minimum Gasteiger partial charge on any atom is -0.237 e. The van der Waals surface area contributed by atoms with Crippen molar-refractivity contribution in [1.82, 2.24) is 9.66 Å². The van der Waals surface area contributed by atoms with E-state index in [1.807, 2.05) is 20.8 Å². The van der Waals surface area contributed by atoms with Crippen molar-refractivity contribution >= 4 is 10.0 Å². The van der Waals surface area contributed by atoms with E-state index in [4.69, 9.17) is 0 Å². The molecule has 0 unspecified atom stereocenters. The van der Waals surface area contributed by atoms with Crippen LogP contribution in [0.2, 0.25) is 0 Å². The molecule has 1 heterocycles. The maximum Gasteiger partial charge on any atom is 0.275 e. The maximum absolute atomic E-state index is 12.3. The highest BCUT2D eigenvalue weighted by Crippen LogP contribution is 2.13. The molecule has 1 N–H and O–H groups in total. The summed E-state index contributed by atoms with van der Waals surface area (Å²) in [6, 6.07) is 6.72. The number of benzene rings is 1. The van der Waals surface area contributed by atoms with Gasteiger partial charge in [0.15, 0.2) is 0 Å². The van der Waals surface area contributed by atoms with Gasteiger partial charge in [-0.25, -0.2) is 14.5 Å². The molecule has 1 aromatic heterocycles. The van der Waals surface area contributed by atoms with E-state index in [9.17, 15) is 8.42 Å². The molecule has 0 saturated heterocycles. The minimum absolute atomic E-state index is 0.239. The fraction of sp³-hybridized carbons (Fsp3) is 0.308. The minimum atomic E-state index is -3.59. The Bertz CT molecular complexity index is 700. The van der Waals surface area contributed by atoms with E-state index in [0.29, 0.717) is 5.82 Å². The predicted molar refractivity (Wildman–Crippen MR) is 74.2 cm³/mol. The van der Waals surface area contributed by atoms with Gasteiger partial charge < -0.3 is 0 Å². The molecule has 1 aromatic carbocycles. The molecule has 5 nitrogen and oxygen atoms in total. The number of hydrogen-bond acceptors (Lipinski definition) is 3. The fourth-order valence-corrected chi connectivity index (χ4v) is 2.91. The van der Waals surface area contributed by atoms with Gasteiger partial charge in [-0.2, -0.15) is 8.42 Å². The van der Waals surface area contributed by atoms with Gasteiger partial charge in [0.25, 0.3) is 10.0 Å². The quantitative estimate of drug-likeness (QED) is 0.935. The highest BCUT2D eigenvalue weighted by Gasteiger charge is 2.17. The highest BCUT2D eigenvalue weighted by molar-refractivity contribution is 7.92. The van der Waals surface area contributed by atoms with Crippen molar-refractivity contribution in [3.05, 3.63) is 47.0 Å². The van der Waals surface area contributed by atoms with Crippen molar-refractivity contribution in [3.8, 4) is 0 Å². The Kier molecular flexibility index (Phi) is 3.36. The first kappa shape index (κ1) is 13.6. The lowest BCUT2D eigenvalue weighted by Gasteiger charge is -2.12. The van der Waals surface area contributed by atoms with Crippen LogP contribution in [0.4, 0.5) is 0 Å². The van der Waals surface area contributed by atoms with Crippen molar-refractivity contribution in [1.29, 1.82) is 0 Å². The largest absolute Gasteiger partial charge is 0.275 e. The topological polar surface area (TPSA) is 64.0 Å². The van der Waals surface area contributed by atoms with Crippen LogP contribution in [0.1, 0.15) is 22.8 Å². The normalized spacial score (nSPS) is 11.6. The first-order chi connectivity index (χ1) is 8.81. The number of nitrogens with one attached hydrogen (secondary N) is 1. The van der Waals surface area contributed by atoms with Gasteiger partial charge in [0.2, 0.25) is 0 Å². The molecule has 0 fully saturated rings. The van der Waals surface area contributed by atoms with Gasteiger partial charge >= 0.3 is 0 Å². The summed E-state index contributed by atoms with van der Waals surface area (Å²) in [5, 5.41) is 0. The van der Waals surface area contributed by atoms with Crippen LogP contribution in [-0.4, -0.2) is 18.1 Å². The summed E-state index contributed by atoms with van der Waals surface area (Å²) in [5.41, 5.74) is 2.61. The average Bonchev–Trinajstić information content (AvgIpc) is 2.56. The van der Waals surface area contributed by atoms with Crippen LogP contribution < -0.4 is 4.83 Å². The number of imidazole rings is 1. The molecule has 0 atom stereocenters. The first-order valence-electron chi connectivity index (χ1n) is 5.93. The Labute approximate surface area is 113 Å².